The number of benzene rings is 1. The van der Waals surface area contributed by atoms with Crippen molar-refractivity contribution in [3.05, 3.63) is 54.4 Å². The summed E-state index contributed by atoms with van der Waals surface area (Å²) in [7, 11) is 0.0607. The molecule has 0 fully saturated rings. The smallest absolute Gasteiger partial charge is 0.328 e. The van der Waals surface area contributed by atoms with E-state index in [4.69, 9.17) is 5.11 Å². The summed E-state index contributed by atoms with van der Waals surface area (Å²) < 4.78 is 26.0. The molecule has 1 aromatic carbocycles. The van der Waals surface area contributed by atoms with Gasteiger partial charge in [0.05, 0.1) is 4.90 Å². The van der Waals surface area contributed by atoms with Crippen LogP contribution in [0, 0.1) is 0 Å². The van der Waals surface area contributed by atoms with Crippen molar-refractivity contribution < 1.29 is 18.3 Å². The zero-order chi connectivity index (χ0) is 16.3. The Hall–Kier alpha value is -2.54. The molecule has 0 aliphatic heterocycles. The van der Waals surface area contributed by atoms with Gasteiger partial charge in [-0.15, -0.1) is 0 Å². The van der Waals surface area contributed by atoms with Crippen LogP contribution in [0.5, 0.6) is 0 Å². The highest BCUT2D eigenvalue weighted by Gasteiger charge is 2.16. The fraction of sp³-hybridized carbons (Fsp3) is 0.133. The van der Waals surface area contributed by atoms with Crippen molar-refractivity contribution in [2.24, 2.45) is 0 Å². The van der Waals surface area contributed by atoms with Crippen LogP contribution in [0.3, 0.4) is 0 Å². The summed E-state index contributed by atoms with van der Waals surface area (Å²) in [5.74, 6) is -1.09. The van der Waals surface area contributed by atoms with Gasteiger partial charge < -0.3 is 10.0 Å². The summed E-state index contributed by atoms with van der Waals surface area (Å²) in [5, 5.41) is 8.57. The molecular weight excluding hydrogens is 304 g/mol. The highest BCUT2D eigenvalue weighted by molar-refractivity contribution is 7.90. The van der Waals surface area contributed by atoms with Crippen molar-refractivity contribution in [3.8, 4) is 0 Å². The molecule has 116 valence electrons. The van der Waals surface area contributed by atoms with Gasteiger partial charge in [-0.05, 0) is 42.0 Å². The predicted molar refractivity (Wildman–Crippen MR) is 84.5 cm³/mol. The Morgan fingerprint density at radius 1 is 1.18 bits per heavy atom. The van der Waals surface area contributed by atoms with Gasteiger partial charge in [0.15, 0.2) is 0 Å². The maximum Gasteiger partial charge on any atom is 0.328 e. The number of hydrogen-bond donors (Lipinski definition) is 1. The first-order chi connectivity index (χ1) is 10.3. The SMILES string of the molecule is CN(C)c1ccc(S(=O)(=O)n2ccc(C=CC(=O)O)c2)cc1. The van der Waals surface area contributed by atoms with Crippen LogP contribution in [0.4, 0.5) is 5.69 Å². The second kappa shape index (κ2) is 6.07. The molecule has 0 atom stereocenters. The third-order valence-corrected chi connectivity index (χ3v) is 4.69. The van der Waals surface area contributed by atoms with Gasteiger partial charge in [-0.1, -0.05) is 0 Å². The second-order valence-electron chi connectivity index (χ2n) is 4.84. The van der Waals surface area contributed by atoms with E-state index in [1.807, 2.05) is 19.0 Å². The van der Waals surface area contributed by atoms with E-state index < -0.39 is 16.0 Å². The van der Waals surface area contributed by atoms with Gasteiger partial charge in [0.2, 0.25) is 0 Å². The number of carboxylic acids is 1. The third kappa shape index (κ3) is 3.37. The average molecular weight is 320 g/mol. The van der Waals surface area contributed by atoms with Gasteiger partial charge in [-0.25, -0.2) is 17.2 Å². The summed E-state index contributed by atoms with van der Waals surface area (Å²) in [6, 6.07) is 8.06. The van der Waals surface area contributed by atoms with E-state index in [0.717, 1.165) is 15.7 Å². The lowest BCUT2D eigenvalue weighted by molar-refractivity contribution is -0.131. The van der Waals surface area contributed by atoms with Crippen molar-refractivity contribution in [2.75, 3.05) is 19.0 Å². The van der Waals surface area contributed by atoms with Crippen molar-refractivity contribution in [2.45, 2.75) is 4.90 Å². The number of carbonyl (C=O) groups is 1. The van der Waals surface area contributed by atoms with E-state index in [2.05, 4.69) is 0 Å². The van der Waals surface area contributed by atoms with Crippen LogP contribution in [0.1, 0.15) is 5.56 Å². The molecule has 1 heterocycles. The van der Waals surface area contributed by atoms with E-state index in [9.17, 15) is 13.2 Å². The molecule has 0 aliphatic carbocycles. The first-order valence-corrected chi connectivity index (χ1v) is 7.86. The number of carboxylic acid groups (broad SMARTS) is 1. The molecule has 0 radical (unpaired) electrons. The molecule has 2 aromatic rings. The van der Waals surface area contributed by atoms with Crippen molar-refractivity contribution in [1.82, 2.24) is 3.97 Å². The lowest BCUT2D eigenvalue weighted by atomic mass is 10.3. The minimum Gasteiger partial charge on any atom is -0.478 e. The zero-order valence-electron chi connectivity index (χ0n) is 12.2. The van der Waals surface area contributed by atoms with Crippen molar-refractivity contribution in [3.63, 3.8) is 0 Å². The molecule has 7 heteroatoms. The number of aromatic nitrogens is 1. The highest BCUT2D eigenvalue weighted by Crippen LogP contribution is 2.19. The Labute approximate surface area is 129 Å². The standard InChI is InChI=1S/C15H16N2O4S/c1-16(2)13-4-6-14(7-5-13)22(20,21)17-10-9-12(11-17)3-8-15(18)19/h3-11H,1-2H3,(H,18,19). The summed E-state index contributed by atoms with van der Waals surface area (Å²) in [5.41, 5.74) is 1.40. The van der Waals surface area contributed by atoms with Crippen LogP contribution < -0.4 is 4.90 Å². The van der Waals surface area contributed by atoms with Crippen LogP contribution in [-0.2, 0) is 14.8 Å². The van der Waals surface area contributed by atoms with Crippen LogP contribution in [-0.4, -0.2) is 37.6 Å². The Bertz CT molecular complexity index is 802. The first kappa shape index (κ1) is 15.8. The summed E-state index contributed by atoms with van der Waals surface area (Å²) >= 11 is 0. The average Bonchev–Trinajstić information content (AvgIpc) is 2.95. The fourth-order valence-electron chi connectivity index (χ4n) is 1.85. The highest BCUT2D eigenvalue weighted by atomic mass is 32.2. The molecule has 22 heavy (non-hydrogen) atoms. The van der Waals surface area contributed by atoms with Gasteiger partial charge >= 0.3 is 5.97 Å². The number of hydrogen-bond acceptors (Lipinski definition) is 4. The monoisotopic (exact) mass is 320 g/mol. The minimum atomic E-state index is -3.68. The van der Waals surface area contributed by atoms with E-state index in [1.54, 1.807) is 12.1 Å². The largest absolute Gasteiger partial charge is 0.478 e. The number of aliphatic carboxylic acids is 1. The van der Waals surface area contributed by atoms with E-state index in [-0.39, 0.29) is 4.90 Å². The van der Waals surface area contributed by atoms with Gasteiger partial charge in [0.1, 0.15) is 0 Å². The van der Waals surface area contributed by atoms with E-state index in [0.29, 0.717) is 5.56 Å². The molecule has 0 amide bonds. The summed E-state index contributed by atoms with van der Waals surface area (Å²) in [6.45, 7) is 0. The molecule has 2 rings (SSSR count). The molecule has 0 saturated heterocycles. The molecule has 1 N–H and O–H groups in total. The predicted octanol–water partition coefficient (Wildman–Crippen LogP) is 1.89. The summed E-state index contributed by atoms with van der Waals surface area (Å²) in [4.78, 5) is 12.5. The molecule has 1 aromatic heterocycles. The van der Waals surface area contributed by atoms with Crippen LogP contribution in [0.15, 0.2) is 53.7 Å². The zero-order valence-corrected chi connectivity index (χ0v) is 13.0. The summed E-state index contributed by atoms with van der Waals surface area (Å²) in [6.07, 6.45) is 5.05. The van der Waals surface area contributed by atoms with Gasteiger partial charge in [-0.3, -0.25) is 0 Å². The maximum atomic E-state index is 12.5. The Kier molecular flexibility index (Phi) is 4.37. The Morgan fingerprint density at radius 3 is 2.36 bits per heavy atom. The van der Waals surface area contributed by atoms with Crippen LogP contribution in [0.2, 0.25) is 0 Å². The lowest BCUT2D eigenvalue weighted by Gasteiger charge is -2.13. The maximum absolute atomic E-state index is 12.5. The molecule has 0 saturated carbocycles. The number of nitrogens with zero attached hydrogens (tertiary/aromatic N) is 2. The third-order valence-electron chi connectivity index (χ3n) is 3.04. The first-order valence-electron chi connectivity index (χ1n) is 6.42. The minimum absolute atomic E-state index is 0.169. The molecule has 6 nitrogen and oxygen atoms in total. The molecule has 0 unspecified atom stereocenters. The lowest BCUT2D eigenvalue weighted by Crippen LogP contribution is -2.12. The van der Waals surface area contributed by atoms with E-state index in [1.165, 1.54) is 36.7 Å². The van der Waals surface area contributed by atoms with Gasteiger partial charge in [0.25, 0.3) is 10.0 Å². The molecule has 0 bridgehead atoms. The normalized spacial score (nSPS) is 11.7. The Balaban J connectivity index is 2.32. The van der Waals surface area contributed by atoms with E-state index >= 15 is 0 Å². The van der Waals surface area contributed by atoms with Crippen LogP contribution in [0.25, 0.3) is 6.08 Å². The van der Waals surface area contributed by atoms with Crippen LogP contribution >= 0.6 is 0 Å². The quantitative estimate of drug-likeness (QED) is 0.851. The number of anilines is 1. The molecule has 0 spiro atoms. The second-order valence-corrected chi connectivity index (χ2v) is 6.68. The van der Waals surface area contributed by atoms with Crippen molar-refractivity contribution >= 4 is 27.8 Å². The fourth-order valence-corrected chi connectivity index (χ4v) is 3.05. The van der Waals surface area contributed by atoms with Crippen molar-refractivity contribution in [1.29, 1.82) is 0 Å². The number of rotatable bonds is 5. The molecule has 0 aliphatic rings. The topological polar surface area (TPSA) is 79.6 Å². The molecular formula is C15H16N2O4S. The van der Waals surface area contributed by atoms with Gasteiger partial charge in [-0.2, -0.15) is 0 Å². The van der Waals surface area contributed by atoms with Gasteiger partial charge in [0, 0.05) is 38.3 Å². The Morgan fingerprint density at radius 2 is 1.82 bits per heavy atom.